The number of benzene rings is 1. The van der Waals surface area contributed by atoms with Gasteiger partial charge in [0.1, 0.15) is 6.04 Å². The zero-order chi connectivity index (χ0) is 17.8. The number of likely N-dealkylation sites (tertiary alicyclic amines) is 1. The van der Waals surface area contributed by atoms with E-state index >= 15 is 0 Å². The number of rotatable bonds is 5. The van der Waals surface area contributed by atoms with Crippen molar-refractivity contribution in [3.63, 3.8) is 0 Å². The third-order valence-corrected chi connectivity index (χ3v) is 6.25. The number of amides is 2. The first-order valence-corrected chi connectivity index (χ1v) is 10.2. The lowest BCUT2D eigenvalue weighted by atomic mass is 9.89. The molecule has 6 heteroatoms. The van der Waals surface area contributed by atoms with E-state index in [0.717, 1.165) is 6.42 Å². The third kappa shape index (κ3) is 3.85. The Labute approximate surface area is 153 Å². The Hall–Kier alpha value is -1.53. The fourth-order valence-electron chi connectivity index (χ4n) is 3.83. The molecule has 0 saturated carbocycles. The zero-order valence-corrected chi connectivity index (χ0v) is 15.6. The Kier molecular flexibility index (Phi) is 6.02. The van der Waals surface area contributed by atoms with Crippen LogP contribution in [0.5, 0.6) is 0 Å². The van der Waals surface area contributed by atoms with Gasteiger partial charge in [-0.05, 0) is 24.4 Å². The fourth-order valence-corrected chi connectivity index (χ4v) is 5.00. The third-order valence-electron chi connectivity index (χ3n) is 5.23. The van der Waals surface area contributed by atoms with Crippen molar-refractivity contribution in [1.29, 1.82) is 0 Å². The van der Waals surface area contributed by atoms with Crippen LogP contribution in [0.15, 0.2) is 30.3 Å². The summed E-state index contributed by atoms with van der Waals surface area (Å²) in [5.74, 6) is 2.08. The number of hydrogen-bond donors (Lipinski definition) is 1. The lowest BCUT2D eigenvalue weighted by molar-refractivity contribution is -0.142. The van der Waals surface area contributed by atoms with Gasteiger partial charge in [-0.2, -0.15) is 0 Å². The summed E-state index contributed by atoms with van der Waals surface area (Å²) in [4.78, 5) is 29.1. The summed E-state index contributed by atoms with van der Waals surface area (Å²) < 4.78 is 0. The average molecular weight is 362 g/mol. The van der Waals surface area contributed by atoms with E-state index in [0.29, 0.717) is 37.7 Å². The number of carbonyl (C=O) groups excluding carboxylic acids is 2. The summed E-state index contributed by atoms with van der Waals surface area (Å²) in [5.41, 5.74) is 7.23. The molecule has 2 saturated heterocycles. The predicted octanol–water partition coefficient (Wildman–Crippen LogP) is 1.89. The molecule has 2 amide bonds. The minimum absolute atomic E-state index is 0.0892. The highest BCUT2D eigenvalue weighted by Crippen LogP contribution is 2.34. The number of hydrogen-bond acceptors (Lipinski definition) is 4. The highest BCUT2D eigenvalue weighted by Gasteiger charge is 2.41. The first-order chi connectivity index (χ1) is 12.2. The second-order valence-corrected chi connectivity index (χ2v) is 7.89. The highest BCUT2D eigenvalue weighted by atomic mass is 32.2. The highest BCUT2D eigenvalue weighted by molar-refractivity contribution is 7.99. The summed E-state index contributed by atoms with van der Waals surface area (Å²) in [6, 6.07) is 9.99. The normalized spacial score (nSPS) is 26.2. The number of nitrogens with two attached hydrogens (primary N) is 1. The van der Waals surface area contributed by atoms with Gasteiger partial charge in [-0.25, -0.2) is 0 Å². The lowest BCUT2D eigenvalue weighted by Gasteiger charge is -2.27. The first kappa shape index (κ1) is 18.3. The minimum Gasteiger partial charge on any atom is -0.340 e. The molecule has 0 aromatic heterocycles. The van der Waals surface area contributed by atoms with E-state index in [2.05, 4.69) is 12.1 Å². The maximum Gasteiger partial charge on any atom is 0.246 e. The monoisotopic (exact) mass is 361 g/mol. The van der Waals surface area contributed by atoms with Gasteiger partial charge in [-0.3, -0.25) is 9.59 Å². The molecule has 3 atom stereocenters. The van der Waals surface area contributed by atoms with Crippen molar-refractivity contribution in [3.8, 4) is 0 Å². The van der Waals surface area contributed by atoms with E-state index in [4.69, 9.17) is 5.73 Å². The van der Waals surface area contributed by atoms with Crippen molar-refractivity contribution in [2.45, 2.75) is 31.7 Å². The fraction of sp³-hybridized carbons (Fsp3) is 0.579. The summed E-state index contributed by atoms with van der Waals surface area (Å²) >= 11 is 1.67. The molecule has 5 nitrogen and oxygen atoms in total. The lowest BCUT2D eigenvalue weighted by Crippen LogP contribution is -2.48. The Bertz CT molecular complexity index is 610. The molecule has 2 fully saturated rings. The molecule has 0 radical (unpaired) electrons. The van der Waals surface area contributed by atoms with Crippen LogP contribution in [-0.2, 0) is 9.59 Å². The molecule has 2 aliphatic heterocycles. The SMILES string of the molecule is CCCC(=O)N1CSCC1C(=O)N1C[C@@H](CN)[C@H](c2ccccc2)C1. The van der Waals surface area contributed by atoms with Crippen molar-refractivity contribution in [1.82, 2.24) is 9.80 Å². The summed E-state index contributed by atoms with van der Waals surface area (Å²) in [7, 11) is 0. The molecule has 1 aromatic rings. The summed E-state index contributed by atoms with van der Waals surface area (Å²) in [6.45, 7) is 3.95. The van der Waals surface area contributed by atoms with Gasteiger partial charge in [0, 0.05) is 31.2 Å². The van der Waals surface area contributed by atoms with Crippen molar-refractivity contribution < 1.29 is 9.59 Å². The van der Waals surface area contributed by atoms with Gasteiger partial charge >= 0.3 is 0 Å². The van der Waals surface area contributed by atoms with E-state index < -0.39 is 0 Å². The second-order valence-electron chi connectivity index (χ2n) is 6.89. The Morgan fingerprint density at radius 2 is 2.00 bits per heavy atom. The number of carbonyl (C=O) groups is 2. The van der Waals surface area contributed by atoms with Crippen LogP contribution in [0.4, 0.5) is 0 Å². The Balaban J connectivity index is 1.71. The van der Waals surface area contributed by atoms with Crippen molar-refractivity contribution >= 4 is 23.6 Å². The smallest absolute Gasteiger partial charge is 0.246 e. The van der Waals surface area contributed by atoms with Gasteiger partial charge in [0.05, 0.1) is 5.88 Å². The van der Waals surface area contributed by atoms with Gasteiger partial charge in [-0.1, -0.05) is 37.3 Å². The molecule has 25 heavy (non-hydrogen) atoms. The van der Waals surface area contributed by atoms with Crippen molar-refractivity contribution in [2.75, 3.05) is 31.3 Å². The topological polar surface area (TPSA) is 66.6 Å². The van der Waals surface area contributed by atoms with Crippen LogP contribution >= 0.6 is 11.8 Å². The summed E-state index contributed by atoms with van der Waals surface area (Å²) in [5, 5.41) is 0. The van der Waals surface area contributed by atoms with Gasteiger partial charge < -0.3 is 15.5 Å². The van der Waals surface area contributed by atoms with E-state index in [1.165, 1.54) is 5.56 Å². The van der Waals surface area contributed by atoms with Gasteiger partial charge in [0.2, 0.25) is 11.8 Å². The van der Waals surface area contributed by atoms with Crippen molar-refractivity contribution in [3.05, 3.63) is 35.9 Å². The predicted molar refractivity (Wildman–Crippen MR) is 101 cm³/mol. The van der Waals surface area contributed by atoms with Gasteiger partial charge in [-0.15, -0.1) is 11.8 Å². The molecule has 0 aliphatic carbocycles. The van der Waals surface area contributed by atoms with Crippen molar-refractivity contribution in [2.24, 2.45) is 11.7 Å². The molecule has 1 aromatic carbocycles. The molecule has 2 aliphatic rings. The molecule has 1 unspecified atom stereocenters. The standard InChI is InChI=1S/C19H27N3O2S/c1-2-6-18(23)22-13-25-12-17(22)19(24)21-10-15(9-20)16(11-21)14-7-4-3-5-8-14/h3-5,7-8,15-17H,2,6,9-13,20H2,1H3/t15-,16+,17?/m1/s1. The minimum atomic E-state index is -0.308. The van der Waals surface area contributed by atoms with Crippen LogP contribution in [0.3, 0.4) is 0 Å². The maximum atomic E-state index is 13.1. The van der Waals surface area contributed by atoms with Gasteiger partial charge in [0.15, 0.2) is 0 Å². The second kappa shape index (κ2) is 8.23. The zero-order valence-electron chi connectivity index (χ0n) is 14.8. The Morgan fingerprint density at radius 3 is 2.68 bits per heavy atom. The largest absolute Gasteiger partial charge is 0.340 e. The van der Waals surface area contributed by atoms with Crippen LogP contribution in [-0.4, -0.2) is 58.9 Å². The quantitative estimate of drug-likeness (QED) is 0.870. The molecule has 0 spiro atoms. The van der Waals surface area contributed by atoms with E-state index in [1.807, 2.05) is 30.0 Å². The first-order valence-electron chi connectivity index (χ1n) is 9.06. The molecule has 2 heterocycles. The Morgan fingerprint density at radius 1 is 1.24 bits per heavy atom. The molecular weight excluding hydrogens is 334 g/mol. The van der Waals surface area contributed by atoms with Crippen LogP contribution in [0, 0.1) is 5.92 Å². The van der Waals surface area contributed by atoms with Crippen LogP contribution < -0.4 is 5.73 Å². The van der Waals surface area contributed by atoms with E-state index in [9.17, 15) is 9.59 Å². The average Bonchev–Trinajstić information content (AvgIpc) is 3.29. The number of thioether (sulfide) groups is 1. The van der Waals surface area contributed by atoms with E-state index in [1.54, 1.807) is 16.7 Å². The molecule has 3 rings (SSSR count). The van der Waals surface area contributed by atoms with E-state index in [-0.39, 0.29) is 29.7 Å². The molecular formula is C19H27N3O2S. The molecule has 0 bridgehead atoms. The summed E-state index contributed by atoms with van der Waals surface area (Å²) in [6.07, 6.45) is 1.33. The molecule has 136 valence electrons. The van der Waals surface area contributed by atoms with Crippen LogP contribution in [0.2, 0.25) is 0 Å². The van der Waals surface area contributed by atoms with Gasteiger partial charge in [0.25, 0.3) is 0 Å². The number of nitrogens with zero attached hydrogens (tertiary/aromatic N) is 2. The van der Waals surface area contributed by atoms with Crippen LogP contribution in [0.1, 0.15) is 31.2 Å². The molecule has 2 N–H and O–H groups in total. The van der Waals surface area contributed by atoms with Crippen LogP contribution in [0.25, 0.3) is 0 Å². The maximum absolute atomic E-state index is 13.1.